The van der Waals surface area contributed by atoms with E-state index in [9.17, 15) is 4.79 Å². The first kappa shape index (κ1) is 13.1. The molecule has 1 aliphatic carbocycles. The number of rotatable bonds is 5. The lowest BCUT2D eigenvalue weighted by atomic mass is 9.79. The molecule has 1 saturated heterocycles. The molecule has 98 valence electrons. The summed E-state index contributed by atoms with van der Waals surface area (Å²) in [6.07, 6.45) is 4.83. The third-order valence-corrected chi connectivity index (χ3v) is 5.15. The van der Waals surface area contributed by atoms with Crippen LogP contribution in [-0.2, 0) is 4.79 Å². The Bertz CT molecular complexity index is 285. The summed E-state index contributed by atoms with van der Waals surface area (Å²) >= 11 is 0. The third kappa shape index (κ3) is 2.73. The third-order valence-electron chi connectivity index (χ3n) is 5.15. The molecule has 0 bridgehead atoms. The van der Waals surface area contributed by atoms with Gasteiger partial charge in [-0.25, -0.2) is 0 Å². The molecular weight excluding hydrogens is 210 g/mol. The predicted molar refractivity (Wildman–Crippen MR) is 70.9 cm³/mol. The van der Waals surface area contributed by atoms with E-state index in [-0.39, 0.29) is 5.92 Å². The van der Waals surface area contributed by atoms with Gasteiger partial charge >= 0.3 is 0 Å². The van der Waals surface area contributed by atoms with Gasteiger partial charge in [-0.05, 0) is 44.6 Å². The first-order valence-electron chi connectivity index (χ1n) is 7.28. The smallest absolute Gasteiger partial charge is 0.139 e. The molecule has 0 aromatic carbocycles. The molecule has 2 fully saturated rings. The van der Waals surface area contributed by atoms with Crippen molar-refractivity contribution in [2.75, 3.05) is 13.6 Å². The molecule has 17 heavy (non-hydrogen) atoms. The number of hydrogen-bond donors (Lipinski definition) is 0. The molecule has 0 amide bonds. The van der Waals surface area contributed by atoms with Gasteiger partial charge in [0.05, 0.1) is 0 Å². The Labute approximate surface area is 106 Å². The second-order valence-corrected chi connectivity index (χ2v) is 6.32. The normalized spacial score (nSPS) is 33.6. The van der Waals surface area contributed by atoms with E-state index in [4.69, 9.17) is 0 Å². The molecule has 0 radical (unpaired) electrons. The zero-order valence-corrected chi connectivity index (χ0v) is 11.8. The van der Waals surface area contributed by atoms with Gasteiger partial charge < -0.3 is 4.90 Å². The minimum atomic E-state index is 0.275. The first-order chi connectivity index (χ1) is 8.04. The summed E-state index contributed by atoms with van der Waals surface area (Å²) in [6.45, 7) is 7.90. The summed E-state index contributed by atoms with van der Waals surface area (Å²) in [4.78, 5) is 14.6. The highest BCUT2D eigenvalue weighted by Gasteiger charge is 2.39. The van der Waals surface area contributed by atoms with Crippen molar-refractivity contribution in [3.63, 3.8) is 0 Å². The Morgan fingerprint density at radius 1 is 1.35 bits per heavy atom. The lowest BCUT2D eigenvalue weighted by Crippen LogP contribution is -2.28. The fourth-order valence-corrected chi connectivity index (χ4v) is 3.39. The van der Waals surface area contributed by atoms with Crippen LogP contribution >= 0.6 is 0 Å². The summed E-state index contributed by atoms with van der Waals surface area (Å²) in [6, 6.07) is 0.741. The monoisotopic (exact) mass is 237 g/mol. The lowest BCUT2D eigenvalue weighted by Gasteiger charge is -2.24. The molecule has 2 nitrogen and oxygen atoms in total. The molecule has 2 heteroatoms. The summed E-state index contributed by atoms with van der Waals surface area (Å²) in [5, 5.41) is 0. The summed E-state index contributed by atoms with van der Waals surface area (Å²) < 4.78 is 0. The molecule has 0 N–H and O–H groups in total. The van der Waals surface area contributed by atoms with Crippen LogP contribution in [0, 0.1) is 23.7 Å². The maximum atomic E-state index is 12.1. The van der Waals surface area contributed by atoms with Gasteiger partial charge in [-0.1, -0.05) is 20.8 Å². The number of ketones is 1. The molecule has 4 unspecified atom stereocenters. The van der Waals surface area contributed by atoms with Crippen LogP contribution in [0.5, 0.6) is 0 Å². The highest BCUT2D eigenvalue weighted by molar-refractivity contribution is 5.85. The largest absolute Gasteiger partial charge is 0.303 e. The van der Waals surface area contributed by atoms with Crippen molar-refractivity contribution in [1.29, 1.82) is 0 Å². The number of carbonyl (C=O) groups is 1. The van der Waals surface area contributed by atoms with Crippen molar-refractivity contribution in [1.82, 2.24) is 4.90 Å². The fourth-order valence-electron chi connectivity index (χ4n) is 3.39. The van der Waals surface area contributed by atoms with Crippen molar-refractivity contribution in [3.8, 4) is 0 Å². The van der Waals surface area contributed by atoms with E-state index in [0.717, 1.165) is 24.8 Å². The molecule has 1 aliphatic heterocycles. The average Bonchev–Trinajstić information content (AvgIpc) is 3.10. The summed E-state index contributed by atoms with van der Waals surface area (Å²) in [5.74, 6) is 2.52. The van der Waals surface area contributed by atoms with Crippen LogP contribution in [0.2, 0.25) is 0 Å². The first-order valence-corrected chi connectivity index (χ1v) is 7.28. The van der Waals surface area contributed by atoms with Crippen molar-refractivity contribution in [2.24, 2.45) is 23.7 Å². The number of nitrogens with zero attached hydrogens (tertiary/aromatic N) is 1. The minimum absolute atomic E-state index is 0.275. The molecular formula is C15H27NO. The molecule has 2 rings (SSSR count). The zero-order chi connectivity index (χ0) is 12.6. The molecule has 0 aromatic heterocycles. The van der Waals surface area contributed by atoms with E-state index in [1.165, 1.54) is 19.4 Å². The number of Topliss-reactive ketones (excluding diaryl/α,β-unsaturated/α-hetero) is 1. The van der Waals surface area contributed by atoms with E-state index in [0.29, 0.717) is 17.6 Å². The van der Waals surface area contributed by atoms with Gasteiger partial charge in [0.2, 0.25) is 0 Å². The van der Waals surface area contributed by atoms with Crippen LogP contribution in [0.3, 0.4) is 0 Å². The van der Waals surface area contributed by atoms with Crippen molar-refractivity contribution >= 4 is 5.78 Å². The van der Waals surface area contributed by atoms with Gasteiger partial charge in [0.15, 0.2) is 0 Å². The Kier molecular flexibility index (Phi) is 3.92. The Morgan fingerprint density at radius 3 is 2.47 bits per heavy atom. The van der Waals surface area contributed by atoms with Gasteiger partial charge in [0, 0.05) is 24.4 Å². The topological polar surface area (TPSA) is 20.3 Å². The highest BCUT2D eigenvalue weighted by atomic mass is 16.1. The van der Waals surface area contributed by atoms with E-state index in [1.54, 1.807) is 0 Å². The van der Waals surface area contributed by atoms with Gasteiger partial charge in [0.1, 0.15) is 5.78 Å². The SMILES string of the molecule is CCC1CC(C(C)C(C)C(=O)C2CC2)CN1C. The van der Waals surface area contributed by atoms with Crippen LogP contribution in [-0.4, -0.2) is 30.3 Å². The Morgan fingerprint density at radius 2 is 2.00 bits per heavy atom. The Hall–Kier alpha value is -0.370. The minimum Gasteiger partial charge on any atom is -0.303 e. The zero-order valence-electron chi connectivity index (χ0n) is 11.8. The van der Waals surface area contributed by atoms with Crippen LogP contribution in [0.4, 0.5) is 0 Å². The van der Waals surface area contributed by atoms with Crippen LogP contribution < -0.4 is 0 Å². The van der Waals surface area contributed by atoms with E-state index >= 15 is 0 Å². The van der Waals surface area contributed by atoms with Crippen molar-refractivity contribution < 1.29 is 4.79 Å². The molecule has 1 heterocycles. The number of likely N-dealkylation sites (tertiary alicyclic amines) is 1. The van der Waals surface area contributed by atoms with Crippen molar-refractivity contribution in [3.05, 3.63) is 0 Å². The van der Waals surface area contributed by atoms with Crippen LogP contribution in [0.1, 0.15) is 46.5 Å². The van der Waals surface area contributed by atoms with Crippen molar-refractivity contribution in [2.45, 2.75) is 52.5 Å². The van der Waals surface area contributed by atoms with Crippen LogP contribution in [0.25, 0.3) is 0 Å². The van der Waals surface area contributed by atoms with Gasteiger partial charge in [-0.2, -0.15) is 0 Å². The molecule has 4 atom stereocenters. The quantitative estimate of drug-likeness (QED) is 0.732. The second kappa shape index (κ2) is 5.09. The van der Waals surface area contributed by atoms with Crippen LogP contribution in [0.15, 0.2) is 0 Å². The van der Waals surface area contributed by atoms with Gasteiger partial charge in [-0.15, -0.1) is 0 Å². The van der Waals surface area contributed by atoms with E-state index in [2.05, 4.69) is 32.7 Å². The fraction of sp³-hybridized carbons (Fsp3) is 0.933. The van der Waals surface area contributed by atoms with Gasteiger partial charge in [-0.3, -0.25) is 4.79 Å². The number of hydrogen-bond acceptors (Lipinski definition) is 2. The standard InChI is InChI=1S/C15H27NO/c1-5-14-8-13(9-16(14)4)10(2)11(3)15(17)12-6-7-12/h10-14H,5-9H2,1-4H3. The lowest BCUT2D eigenvalue weighted by molar-refractivity contribution is -0.125. The maximum Gasteiger partial charge on any atom is 0.139 e. The average molecular weight is 237 g/mol. The summed E-state index contributed by atoms with van der Waals surface area (Å²) in [5.41, 5.74) is 0. The highest BCUT2D eigenvalue weighted by Crippen LogP contribution is 2.38. The van der Waals surface area contributed by atoms with E-state index in [1.807, 2.05) is 0 Å². The molecule has 1 saturated carbocycles. The predicted octanol–water partition coefficient (Wildman–Crippen LogP) is 2.97. The molecule has 2 aliphatic rings. The Balaban J connectivity index is 1.91. The molecule has 0 spiro atoms. The maximum absolute atomic E-state index is 12.1. The number of carbonyl (C=O) groups excluding carboxylic acids is 1. The second-order valence-electron chi connectivity index (χ2n) is 6.32. The molecule has 0 aromatic rings. The van der Waals surface area contributed by atoms with Gasteiger partial charge in [0.25, 0.3) is 0 Å². The van der Waals surface area contributed by atoms with E-state index < -0.39 is 0 Å². The summed E-state index contributed by atoms with van der Waals surface area (Å²) in [7, 11) is 2.23.